The van der Waals surface area contributed by atoms with Gasteiger partial charge in [0.05, 0.1) is 10.7 Å². The zero-order valence-electron chi connectivity index (χ0n) is 9.75. The van der Waals surface area contributed by atoms with Gasteiger partial charge in [-0.15, -0.1) is 0 Å². The molecule has 0 radical (unpaired) electrons. The summed E-state index contributed by atoms with van der Waals surface area (Å²) in [5.41, 5.74) is 6.57. The average Bonchev–Trinajstić information content (AvgIpc) is 2.79. The van der Waals surface area contributed by atoms with Crippen molar-refractivity contribution >= 4 is 28.4 Å². The van der Waals surface area contributed by atoms with Gasteiger partial charge in [-0.1, -0.05) is 11.6 Å². The van der Waals surface area contributed by atoms with E-state index in [1.165, 1.54) is 12.1 Å². The van der Waals surface area contributed by atoms with Crippen LogP contribution in [0.1, 0.15) is 0 Å². The highest BCUT2D eigenvalue weighted by atomic mass is 35.5. The standard InChI is InChI=1S/C13H6ClF3N2O/c14-6-3-10-11(4-9(6)18)20-13(19-10)5-1-7(15)12(17)8(16)2-5/h1-4H,18H2. The van der Waals surface area contributed by atoms with Gasteiger partial charge >= 0.3 is 0 Å². The van der Waals surface area contributed by atoms with Crippen molar-refractivity contribution in [3.8, 4) is 11.5 Å². The molecule has 0 atom stereocenters. The Morgan fingerprint density at radius 2 is 1.70 bits per heavy atom. The molecule has 20 heavy (non-hydrogen) atoms. The van der Waals surface area contributed by atoms with E-state index in [0.29, 0.717) is 16.8 Å². The number of aromatic nitrogens is 1. The molecule has 102 valence electrons. The number of oxazole rings is 1. The van der Waals surface area contributed by atoms with E-state index in [0.717, 1.165) is 12.1 Å². The van der Waals surface area contributed by atoms with Crippen molar-refractivity contribution in [3.05, 3.63) is 46.7 Å². The molecule has 1 heterocycles. The number of nitrogens with two attached hydrogens (primary N) is 1. The largest absolute Gasteiger partial charge is 0.436 e. The summed E-state index contributed by atoms with van der Waals surface area (Å²) in [5.74, 6) is -4.24. The molecular formula is C13H6ClF3N2O. The summed E-state index contributed by atoms with van der Waals surface area (Å²) in [6.45, 7) is 0. The third-order valence-electron chi connectivity index (χ3n) is 2.74. The van der Waals surface area contributed by atoms with Crippen LogP contribution in [0.15, 0.2) is 28.7 Å². The molecule has 2 N–H and O–H groups in total. The van der Waals surface area contributed by atoms with Crippen LogP contribution in [0, 0.1) is 17.5 Å². The summed E-state index contributed by atoms with van der Waals surface area (Å²) in [7, 11) is 0. The smallest absolute Gasteiger partial charge is 0.227 e. The van der Waals surface area contributed by atoms with Gasteiger partial charge in [-0.05, 0) is 18.2 Å². The van der Waals surface area contributed by atoms with Crippen LogP contribution in [0.25, 0.3) is 22.6 Å². The number of nitrogens with zero attached hydrogens (tertiary/aromatic N) is 1. The average molecular weight is 299 g/mol. The van der Waals surface area contributed by atoms with Gasteiger partial charge in [-0.25, -0.2) is 18.2 Å². The highest BCUT2D eigenvalue weighted by molar-refractivity contribution is 6.33. The van der Waals surface area contributed by atoms with Crippen molar-refractivity contribution in [2.24, 2.45) is 0 Å². The van der Waals surface area contributed by atoms with Crippen LogP contribution in [-0.4, -0.2) is 4.98 Å². The van der Waals surface area contributed by atoms with Crippen LogP contribution < -0.4 is 5.73 Å². The van der Waals surface area contributed by atoms with Crippen molar-refractivity contribution in [2.45, 2.75) is 0 Å². The fourth-order valence-electron chi connectivity index (χ4n) is 1.77. The number of fused-ring (bicyclic) bond motifs is 1. The molecule has 1 aromatic heterocycles. The predicted octanol–water partition coefficient (Wildman–Crippen LogP) is 4.15. The van der Waals surface area contributed by atoms with Crippen molar-refractivity contribution in [2.75, 3.05) is 5.73 Å². The van der Waals surface area contributed by atoms with Gasteiger partial charge in [0.15, 0.2) is 23.0 Å². The summed E-state index contributed by atoms with van der Waals surface area (Å²) in [6.07, 6.45) is 0. The van der Waals surface area contributed by atoms with E-state index in [4.69, 9.17) is 21.8 Å². The monoisotopic (exact) mass is 298 g/mol. The van der Waals surface area contributed by atoms with Crippen LogP contribution in [0.5, 0.6) is 0 Å². The first-order valence-electron chi connectivity index (χ1n) is 5.46. The number of nitrogen functional groups attached to an aromatic ring is 1. The van der Waals surface area contributed by atoms with E-state index < -0.39 is 17.5 Å². The summed E-state index contributed by atoms with van der Waals surface area (Å²) >= 11 is 5.84. The van der Waals surface area contributed by atoms with Crippen molar-refractivity contribution in [1.82, 2.24) is 4.98 Å². The van der Waals surface area contributed by atoms with Crippen LogP contribution in [0.3, 0.4) is 0 Å². The molecule has 2 aromatic carbocycles. The second-order valence-electron chi connectivity index (χ2n) is 4.11. The Morgan fingerprint density at radius 1 is 1.05 bits per heavy atom. The molecule has 0 spiro atoms. The second-order valence-corrected chi connectivity index (χ2v) is 4.52. The SMILES string of the molecule is Nc1cc2oc(-c3cc(F)c(F)c(F)c3)nc2cc1Cl. The third-order valence-corrected chi connectivity index (χ3v) is 3.06. The summed E-state index contributed by atoms with van der Waals surface area (Å²) in [6, 6.07) is 4.52. The zero-order chi connectivity index (χ0) is 14.4. The summed E-state index contributed by atoms with van der Waals surface area (Å²) < 4.78 is 44.6. The van der Waals surface area contributed by atoms with Gasteiger partial charge in [-0.2, -0.15) is 0 Å². The molecule has 0 saturated carbocycles. The molecule has 0 unspecified atom stereocenters. The minimum Gasteiger partial charge on any atom is -0.436 e. The number of anilines is 1. The topological polar surface area (TPSA) is 52.0 Å². The van der Waals surface area contributed by atoms with E-state index in [1.807, 2.05) is 0 Å². The highest BCUT2D eigenvalue weighted by Crippen LogP contribution is 2.30. The molecule has 0 fully saturated rings. The fourth-order valence-corrected chi connectivity index (χ4v) is 1.92. The number of halogens is 4. The molecule has 0 amide bonds. The van der Waals surface area contributed by atoms with Crippen molar-refractivity contribution in [1.29, 1.82) is 0 Å². The summed E-state index contributed by atoms with van der Waals surface area (Å²) in [5, 5.41) is 0.286. The first-order chi connectivity index (χ1) is 9.45. The second kappa shape index (κ2) is 4.42. The lowest BCUT2D eigenvalue weighted by Crippen LogP contribution is -1.91. The quantitative estimate of drug-likeness (QED) is 0.542. The first kappa shape index (κ1) is 12.8. The number of benzene rings is 2. The third kappa shape index (κ3) is 1.98. The van der Waals surface area contributed by atoms with Crippen molar-refractivity contribution in [3.63, 3.8) is 0 Å². The molecule has 7 heteroatoms. The fraction of sp³-hybridized carbons (Fsp3) is 0. The highest BCUT2D eigenvalue weighted by Gasteiger charge is 2.16. The van der Waals surface area contributed by atoms with Crippen LogP contribution >= 0.6 is 11.6 Å². The first-order valence-corrected chi connectivity index (χ1v) is 5.84. The normalized spacial score (nSPS) is 11.2. The number of hydrogen-bond donors (Lipinski definition) is 1. The van der Waals surface area contributed by atoms with Gasteiger partial charge in [0.25, 0.3) is 0 Å². The molecule has 3 rings (SSSR count). The predicted molar refractivity (Wildman–Crippen MR) is 68.7 cm³/mol. The van der Waals surface area contributed by atoms with E-state index >= 15 is 0 Å². The lowest BCUT2D eigenvalue weighted by molar-refractivity contribution is 0.447. The Kier molecular flexibility index (Phi) is 2.83. The van der Waals surface area contributed by atoms with Gasteiger partial charge in [0.1, 0.15) is 5.52 Å². The molecule has 0 aliphatic carbocycles. The molecule has 3 nitrogen and oxygen atoms in total. The van der Waals surface area contributed by atoms with Crippen LogP contribution in [0.2, 0.25) is 5.02 Å². The molecule has 0 aliphatic rings. The minimum atomic E-state index is -1.54. The maximum atomic E-state index is 13.2. The maximum absolute atomic E-state index is 13.2. The van der Waals surface area contributed by atoms with E-state index in [9.17, 15) is 13.2 Å². The van der Waals surface area contributed by atoms with Crippen molar-refractivity contribution < 1.29 is 17.6 Å². The molecule has 0 saturated heterocycles. The lowest BCUT2D eigenvalue weighted by atomic mass is 10.2. The Labute approximate surface area is 115 Å². The Balaban J connectivity index is 2.20. The maximum Gasteiger partial charge on any atom is 0.227 e. The van der Waals surface area contributed by atoms with E-state index in [2.05, 4.69) is 4.98 Å². The van der Waals surface area contributed by atoms with Crippen LogP contribution in [0.4, 0.5) is 18.9 Å². The van der Waals surface area contributed by atoms with E-state index in [-0.39, 0.29) is 16.5 Å². The molecule has 3 aromatic rings. The minimum absolute atomic E-state index is 0.0210. The molecule has 0 bridgehead atoms. The Hall–Kier alpha value is -2.21. The molecular weight excluding hydrogens is 293 g/mol. The Morgan fingerprint density at radius 3 is 2.35 bits per heavy atom. The van der Waals surface area contributed by atoms with Crippen LogP contribution in [-0.2, 0) is 0 Å². The van der Waals surface area contributed by atoms with Gasteiger partial charge in [0.2, 0.25) is 5.89 Å². The molecule has 0 aliphatic heterocycles. The number of rotatable bonds is 1. The lowest BCUT2D eigenvalue weighted by Gasteiger charge is -1.98. The van der Waals surface area contributed by atoms with Gasteiger partial charge < -0.3 is 10.2 Å². The van der Waals surface area contributed by atoms with Gasteiger partial charge in [0, 0.05) is 11.6 Å². The van der Waals surface area contributed by atoms with Gasteiger partial charge in [-0.3, -0.25) is 0 Å². The van der Waals surface area contributed by atoms with E-state index in [1.54, 1.807) is 0 Å². The zero-order valence-corrected chi connectivity index (χ0v) is 10.5. The summed E-state index contributed by atoms with van der Waals surface area (Å²) in [4.78, 5) is 4.03. The number of hydrogen-bond acceptors (Lipinski definition) is 3. The Bertz CT molecular complexity index is 770.